The van der Waals surface area contributed by atoms with Crippen molar-refractivity contribution in [3.8, 4) is 0 Å². The molecule has 0 aliphatic rings. The van der Waals surface area contributed by atoms with E-state index in [-0.39, 0.29) is 16.8 Å². The zero-order chi connectivity index (χ0) is 12.7. The van der Waals surface area contributed by atoms with Crippen molar-refractivity contribution in [3.05, 3.63) is 29.8 Å². The first-order valence-corrected chi connectivity index (χ1v) is 6.27. The first-order valence-electron chi connectivity index (χ1n) is 5.28. The SMILES string of the molecule is CCOC(=O)CSC(=O)c1ccccc1NC. The second-order valence-corrected chi connectivity index (χ2v) is 4.12. The van der Waals surface area contributed by atoms with Gasteiger partial charge in [-0.3, -0.25) is 9.59 Å². The van der Waals surface area contributed by atoms with E-state index in [4.69, 9.17) is 4.74 Å². The molecule has 0 spiro atoms. The van der Waals surface area contributed by atoms with Crippen LogP contribution in [0.1, 0.15) is 17.3 Å². The van der Waals surface area contributed by atoms with Crippen LogP contribution in [-0.4, -0.2) is 30.5 Å². The highest BCUT2D eigenvalue weighted by atomic mass is 32.2. The molecule has 1 rings (SSSR count). The number of rotatable bonds is 5. The fourth-order valence-corrected chi connectivity index (χ4v) is 1.95. The van der Waals surface area contributed by atoms with Gasteiger partial charge in [0.15, 0.2) is 0 Å². The fraction of sp³-hybridized carbons (Fsp3) is 0.333. The smallest absolute Gasteiger partial charge is 0.316 e. The lowest BCUT2D eigenvalue weighted by molar-refractivity contribution is -0.139. The van der Waals surface area contributed by atoms with Crippen molar-refractivity contribution < 1.29 is 14.3 Å². The van der Waals surface area contributed by atoms with Gasteiger partial charge in [-0.25, -0.2) is 0 Å². The van der Waals surface area contributed by atoms with Crippen LogP contribution in [0, 0.1) is 0 Å². The molecule has 0 aliphatic carbocycles. The Labute approximate surface area is 105 Å². The van der Waals surface area contributed by atoms with Gasteiger partial charge < -0.3 is 10.1 Å². The van der Waals surface area contributed by atoms with E-state index in [1.54, 1.807) is 26.1 Å². The van der Waals surface area contributed by atoms with Gasteiger partial charge in [-0.2, -0.15) is 0 Å². The molecule has 1 aromatic rings. The van der Waals surface area contributed by atoms with Gasteiger partial charge in [0, 0.05) is 12.7 Å². The molecule has 0 bridgehead atoms. The summed E-state index contributed by atoms with van der Waals surface area (Å²) in [5, 5.41) is 2.80. The first-order chi connectivity index (χ1) is 8.19. The number of carbonyl (C=O) groups is 2. The van der Waals surface area contributed by atoms with E-state index in [9.17, 15) is 9.59 Å². The maximum Gasteiger partial charge on any atom is 0.316 e. The summed E-state index contributed by atoms with van der Waals surface area (Å²) in [5.41, 5.74) is 1.33. The monoisotopic (exact) mass is 253 g/mol. The number of ether oxygens (including phenoxy) is 1. The topological polar surface area (TPSA) is 55.4 Å². The molecule has 0 fully saturated rings. The minimum atomic E-state index is -0.368. The van der Waals surface area contributed by atoms with Crippen molar-refractivity contribution >= 4 is 28.5 Å². The Balaban J connectivity index is 2.61. The Morgan fingerprint density at radius 1 is 1.35 bits per heavy atom. The van der Waals surface area contributed by atoms with Crippen LogP contribution in [0.4, 0.5) is 5.69 Å². The normalized spacial score (nSPS) is 9.76. The van der Waals surface area contributed by atoms with E-state index < -0.39 is 0 Å². The van der Waals surface area contributed by atoms with E-state index >= 15 is 0 Å². The maximum atomic E-state index is 11.8. The summed E-state index contributed by atoms with van der Waals surface area (Å²) >= 11 is 0.954. The number of anilines is 1. The third-order valence-electron chi connectivity index (χ3n) is 2.04. The van der Waals surface area contributed by atoms with Crippen LogP contribution in [0.3, 0.4) is 0 Å². The maximum absolute atomic E-state index is 11.8. The third-order valence-corrected chi connectivity index (χ3v) is 2.90. The quantitative estimate of drug-likeness (QED) is 0.815. The van der Waals surface area contributed by atoms with Crippen molar-refractivity contribution in [2.24, 2.45) is 0 Å². The number of hydrogen-bond donors (Lipinski definition) is 1. The van der Waals surface area contributed by atoms with Crippen molar-refractivity contribution in [2.75, 3.05) is 24.7 Å². The largest absolute Gasteiger partial charge is 0.465 e. The highest BCUT2D eigenvalue weighted by Crippen LogP contribution is 2.20. The van der Waals surface area contributed by atoms with Crippen molar-refractivity contribution in [3.63, 3.8) is 0 Å². The van der Waals surface area contributed by atoms with Crippen LogP contribution >= 0.6 is 11.8 Å². The van der Waals surface area contributed by atoms with E-state index in [2.05, 4.69) is 5.32 Å². The Morgan fingerprint density at radius 2 is 2.06 bits per heavy atom. The van der Waals surface area contributed by atoms with Gasteiger partial charge in [0.25, 0.3) is 0 Å². The molecule has 0 unspecified atom stereocenters. The highest BCUT2D eigenvalue weighted by Gasteiger charge is 2.13. The van der Waals surface area contributed by atoms with Crippen molar-refractivity contribution in [1.29, 1.82) is 0 Å². The zero-order valence-electron chi connectivity index (χ0n) is 9.86. The van der Waals surface area contributed by atoms with Gasteiger partial charge >= 0.3 is 5.97 Å². The Hall–Kier alpha value is -1.49. The second-order valence-electron chi connectivity index (χ2n) is 3.18. The van der Waals surface area contributed by atoms with Crippen molar-refractivity contribution in [2.45, 2.75) is 6.92 Å². The van der Waals surface area contributed by atoms with E-state index in [0.29, 0.717) is 12.2 Å². The molecule has 0 saturated carbocycles. The van der Waals surface area contributed by atoms with Gasteiger partial charge in [0.1, 0.15) is 0 Å². The average Bonchev–Trinajstić information content (AvgIpc) is 2.36. The van der Waals surface area contributed by atoms with Gasteiger partial charge in [0.2, 0.25) is 5.12 Å². The highest BCUT2D eigenvalue weighted by molar-refractivity contribution is 8.14. The molecule has 4 nitrogen and oxygen atoms in total. The molecular formula is C12H15NO3S. The summed E-state index contributed by atoms with van der Waals surface area (Å²) in [5.74, 6) is -0.321. The molecule has 0 atom stereocenters. The summed E-state index contributed by atoms with van der Waals surface area (Å²) in [6, 6.07) is 7.18. The van der Waals surface area contributed by atoms with Crippen molar-refractivity contribution in [1.82, 2.24) is 0 Å². The number of esters is 1. The summed E-state index contributed by atoms with van der Waals surface area (Å²) in [4.78, 5) is 23.0. The molecule has 1 N–H and O–H groups in total. The Bertz CT molecular complexity index is 406. The molecule has 17 heavy (non-hydrogen) atoms. The summed E-state index contributed by atoms with van der Waals surface area (Å²) in [6.07, 6.45) is 0. The fourth-order valence-electron chi connectivity index (χ4n) is 1.28. The predicted octanol–water partition coefficient (Wildman–Crippen LogP) is 2.16. The zero-order valence-corrected chi connectivity index (χ0v) is 10.7. The number of nitrogens with one attached hydrogen (secondary N) is 1. The van der Waals surface area contributed by atoms with Gasteiger partial charge in [-0.1, -0.05) is 23.9 Å². The summed E-state index contributed by atoms with van der Waals surface area (Å²) < 4.78 is 4.76. The minimum Gasteiger partial charge on any atom is -0.465 e. The average molecular weight is 253 g/mol. The van der Waals surface area contributed by atoms with Gasteiger partial charge in [-0.05, 0) is 19.1 Å². The lowest BCUT2D eigenvalue weighted by Crippen LogP contribution is -2.09. The summed E-state index contributed by atoms with van der Waals surface area (Å²) in [7, 11) is 1.75. The number of para-hydroxylation sites is 1. The summed E-state index contributed by atoms with van der Waals surface area (Å²) in [6.45, 7) is 2.07. The molecule has 0 aliphatic heterocycles. The predicted molar refractivity (Wildman–Crippen MR) is 69.4 cm³/mol. The van der Waals surface area contributed by atoms with Crippen LogP contribution in [0.25, 0.3) is 0 Å². The standard InChI is InChI=1S/C12H15NO3S/c1-3-16-11(14)8-17-12(15)9-6-4-5-7-10(9)13-2/h4-7,13H,3,8H2,1-2H3. The second kappa shape index (κ2) is 6.96. The molecule has 1 aromatic carbocycles. The lowest BCUT2D eigenvalue weighted by Gasteiger charge is -2.07. The minimum absolute atomic E-state index is 0.0464. The Morgan fingerprint density at radius 3 is 2.71 bits per heavy atom. The van der Waals surface area contributed by atoms with Crippen LogP contribution < -0.4 is 5.32 Å². The van der Waals surface area contributed by atoms with Crippen LogP contribution in [0.5, 0.6) is 0 Å². The Kier molecular flexibility index (Phi) is 5.56. The van der Waals surface area contributed by atoms with Gasteiger partial charge in [-0.15, -0.1) is 0 Å². The molecular weight excluding hydrogens is 238 g/mol. The molecule has 0 radical (unpaired) electrons. The molecule has 0 aromatic heterocycles. The third kappa shape index (κ3) is 4.11. The first kappa shape index (κ1) is 13.6. The van der Waals surface area contributed by atoms with E-state index in [0.717, 1.165) is 17.4 Å². The molecule has 0 amide bonds. The number of thioether (sulfide) groups is 1. The number of carbonyl (C=O) groups excluding carboxylic acids is 2. The lowest BCUT2D eigenvalue weighted by atomic mass is 10.2. The van der Waals surface area contributed by atoms with Crippen LogP contribution in [0.15, 0.2) is 24.3 Å². The number of benzene rings is 1. The van der Waals surface area contributed by atoms with E-state index in [1.165, 1.54) is 0 Å². The number of hydrogen-bond acceptors (Lipinski definition) is 5. The van der Waals surface area contributed by atoms with E-state index in [1.807, 2.05) is 12.1 Å². The van der Waals surface area contributed by atoms with Crippen LogP contribution in [0.2, 0.25) is 0 Å². The molecule has 0 heterocycles. The van der Waals surface area contributed by atoms with Gasteiger partial charge in [0.05, 0.1) is 17.9 Å². The molecule has 92 valence electrons. The molecule has 0 saturated heterocycles. The molecule has 5 heteroatoms. The van der Waals surface area contributed by atoms with Crippen LogP contribution in [-0.2, 0) is 9.53 Å².